The summed E-state index contributed by atoms with van der Waals surface area (Å²) in [5, 5.41) is 19.7. The van der Waals surface area contributed by atoms with Gasteiger partial charge in [-0.05, 0) is 59.9 Å². The standard InChI is InChI=1S/C26H26O5/c1-16(2)12-23(27)22-10-11-24(17(3)25(22)28)31-15-18-6-4-7-19(13-18)20-8-5-9-21(14-20)26(29)30/h4-11,13-14,16,28H,12,15H2,1-3H3,(H,29,30). The van der Waals surface area contributed by atoms with Crippen LogP contribution in [0.5, 0.6) is 11.5 Å². The molecule has 160 valence electrons. The van der Waals surface area contributed by atoms with Crippen molar-refractivity contribution >= 4 is 11.8 Å². The molecule has 0 aromatic heterocycles. The van der Waals surface area contributed by atoms with Crippen molar-refractivity contribution < 1.29 is 24.5 Å². The number of ketones is 1. The number of carbonyl (C=O) groups excluding carboxylic acids is 1. The SMILES string of the molecule is Cc1c(OCc2cccc(-c3cccc(C(=O)O)c3)c2)ccc(C(=O)CC(C)C)c1O. The smallest absolute Gasteiger partial charge is 0.335 e. The molecule has 3 rings (SSSR count). The highest BCUT2D eigenvalue weighted by atomic mass is 16.5. The third-order valence-corrected chi connectivity index (χ3v) is 5.04. The van der Waals surface area contributed by atoms with Crippen molar-refractivity contribution in [2.45, 2.75) is 33.8 Å². The first-order chi connectivity index (χ1) is 14.8. The molecular formula is C26H26O5. The molecule has 5 heteroatoms. The number of carbonyl (C=O) groups is 2. The van der Waals surface area contributed by atoms with E-state index in [1.807, 2.05) is 44.2 Å². The summed E-state index contributed by atoms with van der Waals surface area (Å²) in [6, 6.07) is 17.8. The zero-order valence-corrected chi connectivity index (χ0v) is 17.9. The van der Waals surface area contributed by atoms with Gasteiger partial charge in [-0.25, -0.2) is 4.79 Å². The zero-order valence-electron chi connectivity index (χ0n) is 17.9. The van der Waals surface area contributed by atoms with Crippen LogP contribution in [0.2, 0.25) is 0 Å². The van der Waals surface area contributed by atoms with Crippen molar-refractivity contribution in [2.24, 2.45) is 5.92 Å². The lowest BCUT2D eigenvalue weighted by Crippen LogP contribution is -2.05. The summed E-state index contributed by atoms with van der Waals surface area (Å²) in [5.41, 5.74) is 3.68. The minimum Gasteiger partial charge on any atom is -0.507 e. The van der Waals surface area contributed by atoms with Gasteiger partial charge in [-0.1, -0.05) is 44.2 Å². The minimum absolute atomic E-state index is 0.0395. The number of rotatable bonds is 8. The Balaban J connectivity index is 1.77. The predicted octanol–water partition coefficient (Wildman–Crippen LogP) is 5.87. The van der Waals surface area contributed by atoms with Crippen LogP contribution in [-0.2, 0) is 6.61 Å². The average Bonchev–Trinajstić information content (AvgIpc) is 2.74. The Hall–Kier alpha value is -3.60. The van der Waals surface area contributed by atoms with Crippen LogP contribution in [-0.4, -0.2) is 22.0 Å². The topological polar surface area (TPSA) is 83.8 Å². The van der Waals surface area contributed by atoms with Crippen LogP contribution < -0.4 is 4.74 Å². The molecule has 0 bridgehead atoms. The van der Waals surface area contributed by atoms with Gasteiger partial charge in [0.2, 0.25) is 0 Å². The van der Waals surface area contributed by atoms with Crippen molar-refractivity contribution in [3.8, 4) is 22.6 Å². The molecule has 0 spiro atoms. The number of phenolic OH excluding ortho intramolecular Hbond substituents is 1. The second-order valence-corrected chi connectivity index (χ2v) is 7.98. The van der Waals surface area contributed by atoms with E-state index in [4.69, 9.17) is 4.74 Å². The van der Waals surface area contributed by atoms with E-state index in [0.717, 1.165) is 16.7 Å². The molecule has 0 aliphatic carbocycles. The summed E-state index contributed by atoms with van der Waals surface area (Å²) in [5.74, 6) is -0.365. The highest BCUT2D eigenvalue weighted by molar-refractivity contribution is 5.99. The Morgan fingerprint density at radius 2 is 1.65 bits per heavy atom. The minimum atomic E-state index is -0.966. The van der Waals surface area contributed by atoms with Crippen LogP contribution in [0.3, 0.4) is 0 Å². The van der Waals surface area contributed by atoms with E-state index < -0.39 is 5.97 Å². The first kappa shape index (κ1) is 22.1. The molecule has 0 atom stereocenters. The number of aromatic carboxylic acids is 1. The number of aromatic hydroxyl groups is 1. The molecule has 3 aromatic carbocycles. The predicted molar refractivity (Wildman–Crippen MR) is 120 cm³/mol. The lowest BCUT2D eigenvalue weighted by Gasteiger charge is -2.14. The van der Waals surface area contributed by atoms with Crippen LogP contribution in [0.25, 0.3) is 11.1 Å². The third-order valence-electron chi connectivity index (χ3n) is 5.04. The van der Waals surface area contributed by atoms with Gasteiger partial charge in [-0.3, -0.25) is 4.79 Å². The van der Waals surface area contributed by atoms with Crippen LogP contribution in [0.15, 0.2) is 60.7 Å². The van der Waals surface area contributed by atoms with Crippen LogP contribution in [0.1, 0.15) is 52.1 Å². The second kappa shape index (κ2) is 9.47. The van der Waals surface area contributed by atoms with Crippen LogP contribution in [0, 0.1) is 12.8 Å². The van der Waals surface area contributed by atoms with Crippen molar-refractivity contribution in [2.75, 3.05) is 0 Å². The molecule has 0 aliphatic rings. The number of ether oxygens (including phenoxy) is 1. The quantitative estimate of drug-likeness (QED) is 0.447. The Labute approximate surface area is 181 Å². The molecule has 0 unspecified atom stereocenters. The third kappa shape index (κ3) is 5.31. The molecule has 0 saturated carbocycles. The zero-order chi connectivity index (χ0) is 22.5. The highest BCUT2D eigenvalue weighted by Crippen LogP contribution is 2.32. The van der Waals surface area contributed by atoms with Gasteiger partial charge in [-0.2, -0.15) is 0 Å². The summed E-state index contributed by atoms with van der Waals surface area (Å²) in [7, 11) is 0. The van der Waals surface area contributed by atoms with E-state index in [0.29, 0.717) is 23.3 Å². The second-order valence-electron chi connectivity index (χ2n) is 7.98. The average molecular weight is 418 g/mol. The van der Waals surface area contributed by atoms with Gasteiger partial charge in [0.1, 0.15) is 18.1 Å². The van der Waals surface area contributed by atoms with Crippen molar-refractivity contribution in [1.29, 1.82) is 0 Å². The number of phenols is 1. The molecule has 0 fully saturated rings. The van der Waals surface area contributed by atoms with E-state index in [1.54, 1.807) is 37.3 Å². The molecular weight excluding hydrogens is 392 g/mol. The summed E-state index contributed by atoms with van der Waals surface area (Å²) in [6.45, 7) is 5.92. The molecule has 0 aliphatic heterocycles. The summed E-state index contributed by atoms with van der Waals surface area (Å²) < 4.78 is 5.91. The van der Waals surface area contributed by atoms with E-state index >= 15 is 0 Å². The lowest BCUT2D eigenvalue weighted by molar-refractivity contribution is 0.0696. The van der Waals surface area contributed by atoms with Gasteiger partial charge in [-0.15, -0.1) is 0 Å². The summed E-state index contributed by atoms with van der Waals surface area (Å²) in [6.07, 6.45) is 0.378. The number of carboxylic acid groups (broad SMARTS) is 1. The first-order valence-electron chi connectivity index (χ1n) is 10.2. The molecule has 0 saturated heterocycles. The Morgan fingerprint density at radius 3 is 2.32 bits per heavy atom. The molecule has 5 nitrogen and oxygen atoms in total. The number of benzene rings is 3. The van der Waals surface area contributed by atoms with Crippen LogP contribution in [0.4, 0.5) is 0 Å². The Bertz CT molecular complexity index is 1110. The molecule has 3 aromatic rings. The highest BCUT2D eigenvalue weighted by Gasteiger charge is 2.17. The van der Waals surface area contributed by atoms with Gasteiger partial charge in [0.05, 0.1) is 11.1 Å². The maximum absolute atomic E-state index is 12.3. The van der Waals surface area contributed by atoms with E-state index in [1.165, 1.54) is 0 Å². The fourth-order valence-corrected chi connectivity index (χ4v) is 3.38. The fourth-order valence-electron chi connectivity index (χ4n) is 3.38. The molecule has 0 heterocycles. The molecule has 31 heavy (non-hydrogen) atoms. The molecule has 2 N–H and O–H groups in total. The normalized spacial score (nSPS) is 10.8. The summed E-state index contributed by atoms with van der Waals surface area (Å²) in [4.78, 5) is 23.5. The van der Waals surface area contributed by atoms with Gasteiger partial charge >= 0.3 is 5.97 Å². The monoisotopic (exact) mass is 418 g/mol. The fraction of sp³-hybridized carbons (Fsp3) is 0.231. The molecule has 0 radical (unpaired) electrons. The number of Topliss-reactive ketones (excluding diaryl/α,β-unsaturated/α-hetero) is 1. The van der Waals surface area contributed by atoms with E-state index in [2.05, 4.69) is 0 Å². The van der Waals surface area contributed by atoms with Crippen molar-refractivity contribution in [1.82, 2.24) is 0 Å². The largest absolute Gasteiger partial charge is 0.507 e. The maximum Gasteiger partial charge on any atom is 0.335 e. The van der Waals surface area contributed by atoms with E-state index in [-0.39, 0.29) is 29.6 Å². The first-order valence-corrected chi connectivity index (χ1v) is 10.2. The van der Waals surface area contributed by atoms with Crippen molar-refractivity contribution in [3.05, 3.63) is 82.9 Å². The van der Waals surface area contributed by atoms with Gasteiger partial charge in [0.15, 0.2) is 5.78 Å². The van der Waals surface area contributed by atoms with Crippen LogP contribution >= 0.6 is 0 Å². The molecule has 0 amide bonds. The number of carboxylic acids is 1. The number of hydrogen-bond donors (Lipinski definition) is 2. The Morgan fingerprint density at radius 1 is 0.968 bits per heavy atom. The number of hydrogen-bond acceptors (Lipinski definition) is 4. The summed E-state index contributed by atoms with van der Waals surface area (Å²) >= 11 is 0. The van der Waals surface area contributed by atoms with Crippen molar-refractivity contribution in [3.63, 3.8) is 0 Å². The maximum atomic E-state index is 12.3. The van der Waals surface area contributed by atoms with Gasteiger partial charge < -0.3 is 14.9 Å². The van der Waals surface area contributed by atoms with E-state index in [9.17, 15) is 19.8 Å². The Kier molecular flexibility index (Phi) is 6.75. The van der Waals surface area contributed by atoms with Gasteiger partial charge in [0.25, 0.3) is 0 Å². The lowest BCUT2D eigenvalue weighted by atomic mass is 9.98. The van der Waals surface area contributed by atoms with Gasteiger partial charge in [0, 0.05) is 12.0 Å².